The first-order valence-electron chi connectivity index (χ1n) is 6.54. The summed E-state index contributed by atoms with van der Waals surface area (Å²) in [6.07, 6.45) is -7.36. The fourth-order valence-electron chi connectivity index (χ4n) is 2.04. The molecule has 0 amide bonds. The Labute approximate surface area is 135 Å². The van der Waals surface area contributed by atoms with Gasteiger partial charge in [0, 0.05) is 17.0 Å². The number of aromatic nitrogens is 1. The van der Waals surface area contributed by atoms with Crippen molar-refractivity contribution in [2.75, 3.05) is 0 Å². The first-order chi connectivity index (χ1) is 11.0. The van der Waals surface area contributed by atoms with E-state index >= 15 is 0 Å². The molecule has 4 atom stereocenters. The average molecular weight is 344 g/mol. The monoisotopic (exact) mass is 343 g/mol. The third-order valence-corrected chi connectivity index (χ3v) is 3.37. The van der Waals surface area contributed by atoms with Crippen LogP contribution >= 0.6 is 11.9 Å². The summed E-state index contributed by atoms with van der Waals surface area (Å²) < 4.78 is 9.12. The summed E-state index contributed by atoms with van der Waals surface area (Å²) in [5, 5.41) is 30.0. The van der Waals surface area contributed by atoms with E-state index < -0.39 is 30.4 Å². The van der Waals surface area contributed by atoms with E-state index in [1.54, 1.807) is 30.3 Å². The van der Waals surface area contributed by atoms with Gasteiger partial charge in [0.05, 0.1) is 0 Å². The van der Waals surface area contributed by atoms with Gasteiger partial charge in [0.1, 0.15) is 24.1 Å². The molecule has 0 aliphatic rings. The largest absolute Gasteiger partial charge is 0.470 e. The van der Waals surface area contributed by atoms with Crippen LogP contribution in [-0.4, -0.2) is 57.0 Å². The van der Waals surface area contributed by atoms with Crippen LogP contribution in [0.15, 0.2) is 30.3 Å². The van der Waals surface area contributed by atoms with Crippen molar-refractivity contribution in [1.82, 2.24) is 4.98 Å². The molecule has 1 heterocycles. The maximum Gasteiger partial charge on any atom is 0.355 e. The van der Waals surface area contributed by atoms with Crippen molar-refractivity contribution in [3.8, 4) is 5.88 Å². The molecule has 0 radical (unpaired) electrons. The van der Waals surface area contributed by atoms with Crippen molar-refractivity contribution in [2.24, 2.45) is 0 Å². The van der Waals surface area contributed by atoms with E-state index in [4.69, 9.17) is 16.6 Å². The topological polar surface area (TPSA) is 129 Å². The minimum atomic E-state index is -2.10. The molecule has 2 rings (SSSR count). The van der Waals surface area contributed by atoms with Gasteiger partial charge >= 0.3 is 5.97 Å². The second kappa shape index (κ2) is 7.42. The van der Waals surface area contributed by atoms with E-state index in [2.05, 4.69) is 9.27 Å². The van der Waals surface area contributed by atoms with Crippen LogP contribution in [0.25, 0.3) is 10.9 Å². The van der Waals surface area contributed by atoms with Crippen LogP contribution in [0.5, 0.6) is 5.88 Å². The molecule has 0 fully saturated rings. The Hall–Kier alpha value is -2.13. The number of hydrogen-bond donors (Lipinski definition) is 4. The van der Waals surface area contributed by atoms with E-state index in [1.165, 1.54) is 0 Å². The van der Waals surface area contributed by atoms with E-state index in [-0.39, 0.29) is 12.2 Å². The second-order valence-corrected chi connectivity index (χ2v) is 4.92. The first kappa shape index (κ1) is 17.2. The molecular weight excluding hydrogens is 330 g/mol. The smallest absolute Gasteiger partial charge is 0.355 e. The van der Waals surface area contributed by atoms with Crippen LogP contribution in [0, 0.1) is 0 Å². The fraction of sp³-hybridized carbons (Fsp3) is 0.286. The zero-order chi connectivity index (χ0) is 17.0. The molecule has 0 spiro atoms. The normalized spacial score (nSPS) is 16.3. The Balaban J connectivity index is 2.24. The number of aromatic amines is 1. The van der Waals surface area contributed by atoms with E-state index in [9.17, 15) is 24.9 Å². The standard InChI is InChI=1S/C14H14ClNO7/c15-23-14(21)12(20)11(19)13(9(18)6-17)22-10-5-7-3-1-2-4-8(7)16-10/h1-6,9,11-13,16,18-20H/t9-,11+,12-,13+/m0/s1. The lowest BCUT2D eigenvalue weighted by molar-refractivity contribution is -0.159. The third kappa shape index (κ3) is 3.80. The molecule has 2 aromatic rings. The number of halogens is 1. The van der Waals surface area contributed by atoms with Gasteiger partial charge in [0.25, 0.3) is 0 Å². The molecule has 4 N–H and O–H groups in total. The number of aliphatic hydroxyl groups excluding tert-OH is 3. The summed E-state index contributed by atoms with van der Waals surface area (Å²) >= 11 is 4.82. The number of para-hydroxylation sites is 1. The highest BCUT2D eigenvalue weighted by atomic mass is 35.5. The highest BCUT2D eigenvalue weighted by Gasteiger charge is 2.38. The van der Waals surface area contributed by atoms with Gasteiger partial charge in [-0.15, -0.1) is 0 Å². The van der Waals surface area contributed by atoms with E-state index in [0.717, 1.165) is 10.9 Å². The molecule has 1 aromatic carbocycles. The molecule has 0 aliphatic carbocycles. The Morgan fingerprint density at radius 1 is 1.26 bits per heavy atom. The van der Waals surface area contributed by atoms with Gasteiger partial charge in [-0.25, -0.2) is 4.79 Å². The van der Waals surface area contributed by atoms with Crippen molar-refractivity contribution in [1.29, 1.82) is 0 Å². The zero-order valence-corrected chi connectivity index (χ0v) is 12.4. The number of aldehydes is 1. The molecule has 0 unspecified atom stereocenters. The Morgan fingerprint density at radius 2 is 1.96 bits per heavy atom. The van der Waals surface area contributed by atoms with Gasteiger partial charge in [-0.05, 0) is 6.07 Å². The summed E-state index contributed by atoms with van der Waals surface area (Å²) in [7, 11) is 0. The van der Waals surface area contributed by atoms with Crippen molar-refractivity contribution >= 4 is 35.0 Å². The van der Waals surface area contributed by atoms with Gasteiger partial charge in [0.2, 0.25) is 0 Å². The number of carbonyl (C=O) groups is 2. The lowest BCUT2D eigenvalue weighted by Crippen LogP contribution is -2.51. The molecule has 0 saturated carbocycles. The molecule has 0 aliphatic heterocycles. The van der Waals surface area contributed by atoms with Crippen molar-refractivity contribution in [2.45, 2.75) is 24.4 Å². The van der Waals surface area contributed by atoms with Gasteiger partial charge in [-0.3, -0.25) is 0 Å². The molecule has 0 saturated heterocycles. The van der Waals surface area contributed by atoms with Crippen molar-refractivity contribution < 1.29 is 33.9 Å². The SMILES string of the molecule is O=C[C@H](O)[C@@H](Oc1cc2ccccc2[nH]1)[C@H](O)[C@H](O)C(=O)OCl. The number of rotatable bonds is 7. The van der Waals surface area contributed by atoms with E-state index in [0.29, 0.717) is 0 Å². The maximum atomic E-state index is 11.2. The van der Waals surface area contributed by atoms with Gasteiger partial charge in [-0.2, -0.15) is 0 Å². The minimum absolute atomic E-state index is 0.106. The van der Waals surface area contributed by atoms with Crippen LogP contribution in [0.3, 0.4) is 0 Å². The van der Waals surface area contributed by atoms with Crippen LogP contribution in [-0.2, 0) is 13.9 Å². The average Bonchev–Trinajstić information content (AvgIpc) is 2.99. The number of benzene rings is 1. The van der Waals surface area contributed by atoms with Crippen molar-refractivity contribution in [3.63, 3.8) is 0 Å². The third-order valence-electron chi connectivity index (χ3n) is 3.22. The first-order valence-corrected chi connectivity index (χ1v) is 6.85. The second-order valence-electron chi connectivity index (χ2n) is 4.76. The number of ether oxygens (including phenoxy) is 1. The summed E-state index contributed by atoms with van der Waals surface area (Å²) in [6.45, 7) is 0. The number of H-pyrrole nitrogens is 1. The van der Waals surface area contributed by atoms with Crippen LogP contribution < -0.4 is 4.74 Å². The lowest BCUT2D eigenvalue weighted by atomic mass is 10.0. The van der Waals surface area contributed by atoms with Crippen LogP contribution in [0.1, 0.15) is 0 Å². The molecule has 8 nitrogen and oxygen atoms in total. The van der Waals surface area contributed by atoms with E-state index in [1.807, 2.05) is 0 Å². The fourth-order valence-corrected chi connectivity index (χ4v) is 2.13. The predicted molar refractivity (Wildman–Crippen MR) is 78.7 cm³/mol. The molecule has 9 heteroatoms. The predicted octanol–water partition coefficient (Wildman–Crippen LogP) is -0.106. The van der Waals surface area contributed by atoms with Gasteiger partial charge in [-0.1, -0.05) is 18.2 Å². The highest BCUT2D eigenvalue weighted by molar-refractivity contribution is 6.13. The summed E-state index contributed by atoms with van der Waals surface area (Å²) in [6, 6.07) is 8.71. The lowest BCUT2D eigenvalue weighted by Gasteiger charge is -2.26. The van der Waals surface area contributed by atoms with Crippen LogP contribution in [0.4, 0.5) is 0 Å². The number of carbonyl (C=O) groups excluding carboxylic acids is 2. The summed E-state index contributed by atoms with van der Waals surface area (Å²) in [4.78, 5) is 24.8. The van der Waals surface area contributed by atoms with Crippen LogP contribution in [0.2, 0.25) is 0 Å². The van der Waals surface area contributed by atoms with Gasteiger partial charge in [0.15, 0.2) is 24.4 Å². The summed E-state index contributed by atoms with van der Waals surface area (Å²) in [5.41, 5.74) is 0.719. The number of hydrogen-bond acceptors (Lipinski definition) is 7. The quantitative estimate of drug-likeness (QED) is 0.516. The number of nitrogens with one attached hydrogen (secondary N) is 1. The zero-order valence-electron chi connectivity index (χ0n) is 11.6. The Morgan fingerprint density at radius 3 is 2.57 bits per heavy atom. The maximum absolute atomic E-state index is 11.2. The van der Waals surface area contributed by atoms with Crippen molar-refractivity contribution in [3.05, 3.63) is 30.3 Å². The Bertz CT molecular complexity index is 656. The molecular formula is C14H14ClNO7. The van der Waals surface area contributed by atoms with Gasteiger partial charge < -0.3 is 34.1 Å². The summed E-state index contributed by atoms with van der Waals surface area (Å²) in [5.74, 6) is -1.22. The molecule has 124 valence electrons. The molecule has 1 aromatic heterocycles. The Kier molecular flexibility index (Phi) is 5.56. The minimum Gasteiger partial charge on any atom is -0.470 e. The highest BCUT2D eigenvalue weighted by Crippen LogP contribution is 2.22. The molecule has 23 heavy (non-hydrogen) atoms. The molecule has 0 bridgehead atoms. The number of fused-ring (bicyclic) bond motifs is 1. The number of aliphatic hydroxyl groups is 3.